The Labute approximate surface area is 371 Å². The molecule has 0 amide bonds. The summed E-state index contributed by atoms with van der Waals surface area (Å²) in [5.41, 5.74) is 0. The number of benzene rings is 2. The summed E-state index contributed by atoms with van der Waals surface area (Å²) in [5, 5.41) is 1.23. The third-order valence-electron chi connectivity index (χ3n) is 9.98. The standard InChI is InChI=1S/C44H56O19Si/c1-26(45)54-25-44(63-42-40(59-30(5)49)39(58-29(4)48)37(56-27(2)46)34(61-42)23-53-22-21-36(51)52-10)41(60-31(6)50)38(57-28(3)47)35(62-44)24-55-64(43(7,8)9,32-17-13-11-14-18-32)33-19-15-12-16-20-33/h11-22,34-35,37-42H,23-25H2,1-10H3/b22-21-/t34-,35-,37-,38-,39+,40-,41+,42-,44+/m1/s1. The molecule has 0 spiro atoms. The number of carbonyl (C=O) groups is 7. The van der Waals surface area contributed by atoms with Crippen molar-refractivity contribution in [3.63, 3.8) is 0 Å². The van der Waals surface area contributed by atoms with Crippen molar-refractivity contribution < 1.29 is 90.1 Å². The lowest BCUT2D eigenvalue weighted by molar-refractivity contribution is -0.384. The Bertz CT molecular complexity index is 1940. The highest BCUT2D eigenvalue weighted by atomic mass is 28.4. The molecule has 2 saturated heterocycles. The average molecular weight is 917 g/mol. The van der Waals surface area contributed by atoms with E-state index >= 15 is 0 Å². The van der Waals surface area contributed by atoms with Gasteiger partial charge in [-0.05, 0) is 15.4 Å². The summed E-state index contributed by atoms with van der Waals surface area (Å²) in [5.74, 6) is -8.55. The Morgan fingerprint density at radius 2 is 1.14 bits per heavy atom. The van der Waals surface area contributed by atoms with Crippen molar-refractivity contribution in [1.29, 1.82) is 0 Å². The molecular weight excluding hydrogens is 861 g/mol. The lowest BCUT2D eigenvalue weighted by Crippen LogP contribution is -2.67. The van der Waals surface area contributed by atoms with E-state index in [9.17, 15) is 33.6 Å². The van der Waals surface area contributed by atoms with Crippen LogP contribution in [-0.4, -0.2) is 132 Å². The van der Waals surface area contributed by atoms with Gasteiger partial charge in [-0.15, -0.1) is 0 Å². The first-order chi connectivity index (χ1) is 30.1. The summed E-state index contributed by atoms with van der Waals surface area (Å²) in [6.45, 7) is 10.8. The number of methoxy groups -OCH3 is 1. The molecule has 0 aromatic heterocycles. The molecule has 0 N–H and O–H groups in total. The van der Waals surface area contributed by atoms with Crippen LogP contribution in [0.1, 0.15) is 62.3 Å². The van der Waals surface area contributed by atoms with Crippen LogP contribution in [0.5, 0.6) is 0 Å². The fourth-order valence-electron chi connectivity index (χ4n) is 7.65. The molecule has 0 aliphatic carbocycles. The molecule has 20 heteroatoms. The molecule has 0 unspecified atom stereocenters. The third kappa shape index (κ3) is 12.7. The molecular formula is C44H56O19Si. The number of hydrogen-bond acceptors (Lipinski definition) is 19. The summed E-state index contributed by atoms with van der Waals surface area (Å²) < 4.78 is 70.8. The van der Waals surface area contributed by atoms with Gasteiger partial charge in [0.25, 0.3) is 8.32 Å². The number of hydrogen-bond donors (Lipinski definition) is 0. The van der Waals surface area contributed by atoms with Crippen LogP contribution in [0.4, 0.5) is 0 Å². The first-order valence-corrected chi connectivity index (χ1v) is 22.2. The minimum atomic E-state index is -3.35. The van der Waals surface area contributed by atoms with Gasteiger partial charge in [0.2, 0.25) is 12.1 Å². The fourth-order valence-corrected chi connectivity index (χ4v) is 12.2. The molecule has 0 bridgehead atoms. The van der Waals surface area contributed by atoms with Gasteiger partial charge in [-0.2, -0.15) is 0 Å². The molecule has 2 fully saturated rings. The summed E-state index contributed by atoms with van der Waals surface area (Å²) in [6, 6.07) is 19.2. The van der Waals surface area contributed by atoms with E-state index in [1.807, 2.05) is 81.4 Å². The monoisotopic (exact) mass is 916 g/mol. The molecule has 2 aliphatic heterocycles. The molecule has 64 heavy (non-hydrogen) atoms. The molecule has 2 aliphatic rings. The number of carbonyl (C=O) groups excluding carboxylic acids is 7. The first kappa shape index (κ1) is 51.0. The lowest BCUT2D eigenvalue weighted by Gasteiger charge is -2.46. The van der Waals surface area contributed by atoms with Gasteiger partial charge >= 0.3 is 41.8 Å². The van der Waals surface area contributed by atoms with Crippen molar-refractivity contribution in [1.82, 2.24) is 0 Å². The topological polar surface area (TPSA) is 230 Å². The van der Waals surface area contributed by atoms with Gasteiger partial charge in [0, 0.05) is 41.5 Å². The fraction of sp³-hybridized carbons (Fsp3) is 0.523. The highest BCUT2D eigenvalue weighted by Crippen LogP contribution is 2.43. The van der Waals surface area contributed by atoms with Crippen LogP contribution in [0.25, 0.3) is 0 Å². The second-order valence-corrected chi connectivity index (χ2v) is 20.2. The van der Waals surface area contributed by atoms with Crippen molar-refractivity contribution in [2.45, 2.75) is 122 Å². The van der Waals surface area contributed by atoms with E-state index in [1.165, 1.54) is 0 Å². The molecule has 19 nitrogen and oxygen atoms in total. The number of esters is 7. The van der Waals surface area contributed by atoms with E-state index in [1.54, 1.807) is 0 Å². The number of rotatable bonds is 18. The lowest BCUT2D eigenvalue weighted by atomic mass is 9.97. The van der Waals surface area contributed by atoms with Crippen molar-refractivity contribution in [3.05, 3.63) is 73.0 Å². The minimum absolute atomic E-state index is 0.333. The normalized spacial score (nSPS) is 25.7. The van der Waals surface area contributed by atoms with Crippen LogP contribution in [0.3, 0.4) is 0 Å². The van der Waals surface area contributed by atoms with Gasteiger partial charge in [0.05, 0.1) is 26.1 Å². The molecule has 9 atom stereocenters. The quantitative estimate of drug-likeness (QED) is 0.0687. The molecule has 2 aromatic rings. The van der Waals surface area contributed by atoms with E-state index in [2.05, 4.69) is 4.74 Å². The minimum Gasteiger partial charge on any atom is -0.498 e. The maximum Gasteiger partial charge on any atom is 0.333 e. The second kappa shape index (κ2) is 22.3. The smallest absolute Gasteiger partial charge is 0.333 e. The van der Waals surface area contributed by atoms with Crippen molar-refractivity contribution in [3.8, 4) is 0 Å². The molecule has 0 saturated carbocycles. The Balaban J connectivity index is 1.92. The van der Waals surface area contributed by atoms with E-state index < -0.39 is 123 Å². The summed E-state index contributed by atoms with van der Waals surface area (Å²) in [6.07, 6.45) is -11.1. The molecule has 0 radical (unpaired) electrons. The van der Waals surface area contributed by atoms with Crippen LogP contribution < -0.4 is 10.4 Å². The van der Waals surface area contributed by atoms with Gasteiger partial charge in [-0.1, -0.05) is 81.4 Å². The van der Waals surface area contributed by atoms with Crippen LogP contribution in [0.15, 0.2) is 73.0 Å². The average Bonchev–Trinajstić information content (AvgIpc) is 3.47. The second-order valence-electron chi connectivity index (χ2n) is 15.9. The van der Waals surface area contributed by atoms with Crippen molar-refractivity contribution >= 4 is 60.5 Å². The summed E-state index contributed by atoms with van der Waals surface area (Å²) >= 11 is 0. The van der Waals surface area contributed by atoms with E-state index in [0.29, 0.717) is 0 Å². The molecule has 350 valence electrons. The van der Waals surface area contributed by atoms with E-state index in [4.69, 9.17) is 51.8 Å². The highest BCUT2D eigenvalue weighted by Gasteiger charge is 2.65. The predicted octanol–water partition coefficient (Wildman–Crippen LogP) is 2.32. The first-order valence-electron chi connectivity index (χ1n) is 20.3. The van der Waals surface area contributed by atoms with Crippen LogP contribution in [-0.2, 0) is 90.1 Å². The van der Waals surface area contributed by atoms with E-state index in [0.717, 1.165) is 71.4 Å². The molecule has 2 heterocycles. The Morgan fingerprint density at radius 1 is 0.641 bits per heavy atom. The van der Waals surface area contributed by atoms with Crippen molar-refractivity contribution in [2.75, 3.05) is 26.9 Å². The maximum absolute atomic E-state index is 13.0. The SMILES string of the molecule is COC(=O)/C=C\OC[C@H]1O[C@H](O[C@]2(COC(C)=O)O[C@H](CO[Si](c3ccccc3)(c3ccccc3)C(C)(C)C)[C@@H](OC(C)=O)[C@@H]2OC(C)=O)[C@H](OC(C)=O)[C@@H](OC(C)=O)[C@@H]1OC(C)=O. The Hall–Kier alpha value is -5.67. The summed E-state index contributed by atoms with van der Waals surface area (Å²) in [7, 11) is -2.21. The summed E-state index contributed by atoms with van der Waals surface area (Å²) in [4.78, 5) is 88.2. The molecule has 4 rings (SSSR count). The zero-order chi connectivity index (χ0) is 47.4. The molecule has 2 aromatic carbocycles. The highest BCUT2D eigenvalue weighted by molar-refractivity contribution is 6.99. The predicted molar refractivity (Wildman–Crippen MR) is 222 cm³/mol. The Kier molecular flexibility index (Phi) is 17.8. The Morgan fingerprint density at radius 3 is 1.62 bits per heavy atom. The van der Waals surface area contributed by atoms with Gasteiger partial charge in [-0.3, -0.25) is 28.8 Å². The maximum atomic E-state index is 13.0. The van der Waals surface area contributed by atoms with Gasteiger partial charge in [0.15, 0.2) is 30.5 Å². The van der Waals surface area contributed by atoms with Gasteiger partial charge in [-0.25, -0.2) is 4.79 Å². The number of ether oxygens (including phenoxy) is 11. The van der Waals surface area contributed by atoms with Gasteiger partial charge in [0.1, 0.15) is 25.4 Å². The third-order valence-corrected chi connectivity index (χ3v) is 15.0. The largest absolute Gasteiger partial charge is 0.498 e. The van der Waals surface area contributed by atoms with Crippen molar-refractivity contribution in [2.24, 2.45) is 0 Å². The zero-order valence-electron chi connectivity index (χ0n) is 37.4. The van der Waals surface area contributed by atoms with E-state index in [-0.39, 0.29) is 6.61 Å². The van der Waals surface area contributed by atoms with Crippen LogP contribution >= 0.6 is 0 Å². The zero-order valence-corrected chi connectivity index (χ0v) is 38.4. The van der Waals surface area contributed by atoms with Crippen LogP contribution in [0, 0.1) is 0 Å². The van der Waals surface area contributed by atoms with Gasteiger partial charge < -0.3 is 56.5 Å². The van der Waals surface area contributed by atoms with Crippen LogP contribution in [0.2, 0.25) is 5.04 Å².